The third kappa shape index (κ3) is 4.78. The molecule has 0 saturated carbocycles. The lowest BCUT2D eigenvalue weighted by Crippen LogP contribution is -2.33. The molecule has 0 radical (unpaired) electrons. The van der Waals surface area contributed by atoms with Crippen molar-refractivity contribution in [2.45, 2.75) is 6.04 Å². The van der Waals surface area contributed by atoms with E-state index in [1.165, 1.54) is 6.20 Å². The molecule has 1 unspecified atom stereocenters. The first-order valence-electron chi connectivity index (χ1n) is 7.51. The molecule has 2 rings (SSSR count). The van der Waals surface area contributed by atoms with Crippen LogP contribution in [-0.4, -0.2) is 25.2 Å². The molecule has 0 aliphatic heterocycles. The van der Waals surface area contributed by atoms with Gasteiger partial charge in [-0.05, 0) is 23.8 Å². The number of nitrogens with zero attached hydrogens (tertiary/aromatic N) is 1. The zero-order valence-corrected chi connectivity index (χ0v) is 16.9. The average Bonchev–Trinajstić information content (AvgIpc) is 3.01. The lowest BCUT2D eigenvalue weighted by Gasteiger charge is -2.17. The first kappa shape index (κ1) is 20.7. The molecule has 5 N–H and O–H groups in total. The van der Waals surface area contributed by atoms with Gasteiger partial charge in [-0.2, -0.15) is 0 Å². The number of benzene rings is 1. The SMILES string of the molecule is CN=C(C(Cl)=CN)c1cc(C(=O)NC(CN)c2cccc(Cl)c2)sc1Cl. The van der Waals surface area contributed by atoms with E-state index >= 15 is 0 Å². The Balaban J connectivity index is 2.26. The highest BCUT2D eigenvalue weighted by Gasteiger charge is 2.21. The summed E-state index contributed by atoms with van der Waals surface area (Å²) in [5.41, 5.74) is 13.0. The molecule has 1 aromatic heterocycles. The molecule has 138 valence electrons. The molecule has 0 aliphatic carbocycles. The molecule has 9 heteroatoms. The van der Waals surface area contributed by atoms with Gasteiger partial charge in [0.25, 0.3) is 5.91 Å². The Morgan fingerprint density at radius 1 is 1.38 bits per heavy atom. The lowest BCUT2D eigenvalue weighted by atomic mass is 10.1. The molecule has 0 aliphatic rings. The van der Waals surface area contributed by atoms with Crippen molar-refractivity contribution in [3.8, 4) is 0 Å². The number of allylic oxidation sites excluding steroid dienone is 1. The maximum atomic E-state index is 12.6. The highest BCUT2D eigenvalue weighted by molar-refractivity contribution is 7.18. The fraction of sp³-hybridized carbons (Fsp3) is 0.176. The minimum absolute atomic E-state index is 0.224. The van der Waals surface area contributed by atoms with Gasteiger partial charge in [0.1, 0.15) is 4.34 Å². The molecule has 1 aromatic carbocycles. The van der Waals surface area contributed by atoms with Crippen LogP contribution in [0, 0.1) is 0 Å². The first-order chi connectivity index (χ1) is 12.4. The Labute approximate surface area is 170 Å². The van der Waals surface area contributed by atoms with Crippen molar-refractivity contribution in [1.82, 2.24) is 5.32 Å². The summed E-state index contributed by atoms with van der Waals surface area (Å²) in [6, 6.07) is 8.42. The van der Waals surface area contributed by atoms with Crippen molar-refractivity contribution in [1.29, 1.82) is 0 Å². The van der Waals surface area contributed by atoms with Crippen molar-refractivity contribution in [3.63, 3.8) is 0 Å². The van der Waals surface area contributed by atoms with Crippen LogP contribution in [0.4, 0.5) is 0 Å². The number of amides is 1. The van der Waals surface area contributed by atoms with Crippen molar-refractivity contribution in [3.05, 3.63) is 66.9 Å². The van der Waals surface area contributed by atoms with Crippen molar-refractivity contribution < 1.29 is 4.79 Å². The van der Waals surface area contributed by atoms with Crippen LogP contribution < -0.4 is 16.8 Å². The smallest absolute Gasteiger partial charge is 0.261 e. The third-order valence-corrected chi connectivity index (χ3v) is 5.45. The third-order valence-electron chi connectivity index (χ3n) is 3.55. The van der Waals surface area contributed by atoms with Gasteiger partial charge in [-0.25, -0.2) is 0 Å². The molecule has 26 heavy (non-hydrogen) atoms. The summed E-state index contributed by atoms with van der Waals surface area (Å²) in [6.45, 7) is 0.224. The second-order valence-corrected chi connectivity index (χ2v) is 7.70. The zero-order chi connectivity index (χ0) is 19.3. The summed E-state index contributed by atoms with van der Waals surface area (Å²) in [4.78, 5) is 17.1. The minimum atomic E-state index is -0.377. The number of aliphatic imine (C=N–C) groups is 1. The minimum Gasteiger partial charge on any atom is -0.403 e. The van der Waals surface area contributed by atoms with E-state index in [-0.39, 0.29) is 23.5 Å². The molecule has 0 spiro atoms. The number of hydrogen-bond donors (Lipinski definition) is 3. The lowest BCUT2D eigenvalue weighted by molar-refractivity contribution is 0.0942. The van der Waals surface area contributed by atoms with Gasteiger partial charge in [-0.1, -0.05) is 46.9 Å². The van der Waals surface area contributed by atoms with E-state index in [4.69, 9.17) is 46.3 Å². The van der Waals surface area contributed by atoms with E-state index < -0.39 is 0 Å². The Bertz CT molecular complexity index is 863. The van der Waals surface area contributed by atoms with Crippen LogP contribution in [0.25, 0.3) is 0 Å². The first-order valence-corrected chi connectivity index (χ1v) is 9.47. The predicted molar refractivity (Wildman–Crippen MR) is 111 cm³/mol. The Morgan fingerprint density at radius 2 is 2.12 bits per heavy atom. The van der Waals surface area contributed by atoms with Crippen LogP contribution >= 0.6 is 46.1 Å². The Kier molecular flexibility index (Phi) is 7.49. The fourth-order valence-corrected chi connectivity index (χ4v) is 3.87. The van der Waals surface area contributed by atoms with Gasteiger partial charge in [-0.15, -0.1) is 11.3 Å². The number of carbonyl (C=O) groups is 1. The van der Waals surface area contributed by atoms with Crippen LogP contribution in [0.3, 0.4) is 0 Å². The normalized spacial score (nSPS) is 13.6. The maximum Gasteiger partial charge on any atom is 0.261 e. The van der Waals surface area contributed by atoms with Gasteiger partial charge in [-0.3, -0.25) is 9.79 Å². The van der Waals surface area contributed by atoms with E-state index in [1.54, 1.807) is 31.3 Å². The predicted octanol–water partition coefficient (Wildman–Crippen LogP) is 3.94. The summed E-state index contributed by atoms with van der Waals surface area (Å²) in [5, 5.41) is 3.71. The summed E-state index contributed by atoms with van der Waals surface area (Å²) < 4.78 is 0.391. The molecule has 2 aromatic rings. The molecule has 1 amide bonds. The molecule has 0 saturated heterocycles. The number of nitrogens with one attached hydrogen (secondary N) is 1. The van der Waals surface area contributed by atoms with Crippen molar-refractivity contribution >= 4 is 57.8 Å². The largest absolute Gasteiger partial charge is 0.403 e. The van der Waals surface area contributed by atoms with E-state index in [0.717, 1.165) is 16.9 Å². The number of hydrogen-bond acceptors (Lipinski definition) is 5. The quantitative estimate of drug-likeness (QED) is 0.605. The maximum absolute atomic E-state index is 12.6. The molecule has 5 nitrogen and oxygen atoms in total. The summed E-state index contributed by atoms with van der Waals surface area (Å²) >= 11 is 19.4. The van der Waals surface area contributed by atoms with Crippen molar-refractivity contribution in [2.24, 2.45) is 16.5 Å². The monoisotopic (exact) mass is 430 g/mol. The zero-order valence-electron chi connectivity index (χ0n) is 13.8. The second kappa shape index (κ2) is 9.39. The van der Waals surface area contributed by atoms with E-state index in [9.17, 15) is 4.79 Å². The van der Waals surface area contributed by atoms with E-state index in [0.29, 0.717) is 25.5 Å². The molecule has 1 heterocycles. The van der Waals surface area contributed by atoms with E-state index in [2.05, 4.69) is 10.3 Å². The summed E-state index contributed by atoms with van der Waals surface area (Å²) in [7, 11) is 1.57. The van der Waals surface area contributed by atoms with Gasteiger partial charge in [0.15, 0.2) is 0 Å². The van der Waals surface area contributed by atoms with Gasteiger partial charge in [0, 0.05) is 30.4 Å². The standard InChI is InChI=1S/C17H17Cl3N4OS/c1-23-15(12(19)7-21)11-6-14(26-16(11)20)17(25)24-13(8-22)9-3-2-4-10(18)5-9/h2-7,13H,8,21-22H2,1H3,(H,24,25). The number of halogens is 3. The highest BCUT2D eigenvalue weighted by atomic mass is 35.5. The summed E-state index contributed by atoms with van der Waals surface area (Å²) in [5.74, 6) is -0.304. The average molecular weight is 432 g/mol. The molecular formula is C17H17Cl3N4OS. The van der Waals surface area contributed by atoms with Gasteiger partial charge in [0.2, 0.25) is 0 Å². The second-order valence-electron chi connectivity index (χ2n) is 5.20. The Morgan fingerprint density at radius 3 is 2.69 bits per heavy atom. The molecule has 0 bridgehead atoms. The van der Waals surface area contributed by atoms with Crippen LogP contribution in [-0.2, 0) is 0 Å². The Hall–Kier alpha value is -1.57. The number of thiophene rings is 1. The summed E-state index contributed by atoms with van der Waals surface area (Å²) in [6.07, 6.45) is 1.22. The number of rotatable bonds is 6. The topological polar surface area (TPSA) is 93.5 Å². The van der Waals surface area contributed by atoms with Gasteiger partial charge in [0.05, 0.1) is 21.7 Å². The van der Waals surface area contributed by atoms with E-state index in [1.807, 2.05) is 6.07 Å². The van der Waals surface area contributed by atoms with Crippen LogP contribution in [0.15, 0.2) is 46.6 Å². The fourth-order valence-electron chi connectivity index (χ4n) is 2.31. The van der Waals surface area contributed by atoms with Crippen LogP contribution in [0.5, 0.6) is 0 Å². The number of carbonyl (C=O) groups excluding carboxylic acids is 1. The van der Waals surface area contributed by atoms with Gasteiger partial charge < -0.3 is 16.8 Å². The molecule has 0 fully saturated rings. The molecule has 1 atom stereocenters. The highest BCUT2D eigenvalue weighted by Crippen LogP contribution is 2.31. The van der Waals surface area contributed by atoms with Crippen LogP contribution in [0.1, 0.15) is 26.8 Å². The molecular weight excluding hydrogens is 415 g/mol. The van der Waals surface area contributed by atoms with Gasteiger partial charge >= 0.3 is 0 Å². The van der Waals surface area contributed by atoms with Crippen LogP contribution in [0.2, 0.25) is 9.36 Å². The van der Waals surface area contributed by atoms with Crippen molar-refractivity contribution in [2.75, 3.05) is 13.6 Å². The number of nitrogens with two attached hydrogens (primary N) is 2.